The maximum absolute atomic E-state index is 13.9. The van der Waals surface area contributed by atoms with Gasteiger partial charge in [0.05, 0.1) is 19.2 Å². The van der Waals surface area contributed by atoms with Crippen LogP contribution in [-0.2, 0) is 30.6 Å². The Morgan fingerprint density at radius 1 is 0.884 bits per heavy atom. The summed E-state index contributed by atoms with van der Waals surface area (Å²) >= 11 is 0. The lowest BCUT2D eigenvalue weighted by atomic mass is 10.1. The summed E-state index contributed by atoms with van der Waals surface area (Å²) in [5.74, 6) is -0.170. The van der Waals surface area contributed by atoms with Crippen LogP contribution in [0.25, 0.3) is 0 Å². The first-order valence-electron chi connectivity index (χ1n) is 14.2. The largest absolute Gasteiger partial charge is 0.497 e. The standard InChI is InChI=1S/C34H36F3N3O3/c1-4-25(2)40(33(42)28-14-9-15-29(20-28)34(35,36)37)24-32(41)39(21-26-11-6-5-7-12-26)23-30-16-10-18-38(30)22-27-13-8-17-31(19-27)43-3/h5-20,25H,4,21-24H2,1-3H3. The van der Waals surface area contributed by atoms with Gasteiger partial charge in [-0.15, -0.1) is 0 Å². The molecular weight excluding hydrogens is 555 g/mol. The van der Waals surface area contributed by atoms with Crippen LogP contribution in [0.1, 0.15) is 53.0 Å². The number of hydrogen-bond acceptors (Lipinski definition) is 3. The molecule has 3 aromatic carbocycles. The predicted molar refractivity (Wildman–Crippen MR) is 159 cm³/mol. The van der Waals surface area contributed by atoms with Gasteiger partial charge in [-0.25, -0.2) is 0 Å². The molecule has 0 N–H and O–H groups in total. The smallest absolute Gasteiger partial charge is 0.416 e. The van der Waals surface area contributed by atoms with Gasteiger partial charge in [-0.2, -0.15) is 13.2 Å². The molecule has 6 nitrogen and oxygen atoms in total. The second kappa shape index (κ2) is 14.1. The number of aromatic nitrogens is 1. The number of methoxy groups -OCH3 is 1. The van der Waals surface area contributed by atoms with Crippen molar-refractivity contribution in [3.05, 3.63) is 125 Å². The molecule has 1 atom stereocenters. The molecule has 4 aromatic rings. The highest BCUT2D eigenvalue weighted by Crippen LogP contribution is 2.30. The Morgan fingerprint density at radius 3 is 2.30 bits per heavy atom. The first kappa shape index (κ1) is 31.4. The van der Waals surface area contributed by atoms with Crippen LogP contribution in [0, 0.1) is 0 Å². The van der Waals surface area contributed by atoms with Crippen molar-refractivity contribution in [3.63, 3.8) is 0 Å². The number of ether oxygens (including phenoxy) is 1. The van der Waals surface area contributed by atoms with E-state index < -0.39 is 17.6 Å². The summed E-state index contributed by atoms with van der Waals surface area (Å²) in [6.07, 6.45) is -2.11. The van der Waals surface area contributed by atoms with Crippen LogP contribution in [0.2, 0.25) is 0 Å². The van der Waals surface area contributed by atoms with E-state index in [-0.39, 0.29) is 30.6 Å². The average molecular weight is 592 g/mol. The van der Waals surface area contributed by atoms with E-state index in [9.17, 15) is 22.8 Å². The van der Waals surface area contributed by atoms with Gasteiger partial charge in [0, 0.05) is 36.6 Å². The van der Waals surface area contributed by atoms with E-state index in [0.717, 1.165) is 34.7 Å². The molecule has 43 heavy (non-hydrogen) atoms. The molecule has 0 aliphatic carbocycles. The van der Waals surface area contributed by atoms with Gasteiger partial charge in [0.25, 0.3) is 5.91 Å². The van der Waals surface area contributed by atoms with Crippen molar-refractivity contribution < 1.29 is 27.5 Å². The van der Waals surface area contributed by atoms with Crippen molar-refractivity contribution in [2.24, 2.45) is 0 Å². The minimum absolute atomic E-state index is 0.107. The van der Waals surface area contributed by atoms with Crippen molar-refractivity contribution in [3.8, 4) is 5.75 Å². The lowest BCUT2D eigenvalue weighted by Crippen LogP contribution is -2.46. The number of amides is 2. The Morgan fingerprint density at radius 2 is 1.60 bits per heavy atom. The topological polar surface area (TPSA) is 54.8 Å². The number of carbonyl (C=O) groups is 2. The highest BCUT2D eigenvalue weighted by Gasteiger charge is 2.32. The number of nitrogens with zero attached hydrogens (tertiary/aromatic N) is 3. The molecule has 0 saturated heterocycles. The van der Waals surface area contributed by atoms with Crippen LogP contribution in [0.4, 0.5) is 13.2 Å². The maximum Gasteiger partial charge on any atom is 0.416 e. The van der Waals surface area contributed by atoms with E-state index in [1.807, 2.05) is 79.9 Å². The Labute approximate surface area is 250 Å². The molecule has 0 spiro atoms. The van der Waals surface area contributed by atoms with E-state index in [0.29, 0.717) is 19.5 Å². The molecule has 0 aliphatic heterocycles. The first-order valence-corrected chi connectivity index (χ1v) is 14.2. The summed E-state index contributed by atoms with van der Waals surface area (Å²) in [5.41, 5.74) is 1.83. The monoisotopic (exact) mass is 591 g/mol. The Hall–Kier alpha value is -4.53. The van der Waals surface area contributed by atoms with Gasteiger partial charge < -0.3 is 19.1 Å². The third kappa shape index (κ3) is 8.28. The number of halogens is 3. The second-order valence-corrected chi connectivity index (χ2v) is 10.5. The van der Waals surface area contributed by atoms with Crippen molar-refractivity contribution in [1.82, 2.24) is 14.4 Å². The second-order valence-electron chi connectivity index (χ2n) is 10.5. The van der Waals surface area contributed by atoms with E-state index in [4.69, 9.17) is 4.74 Å². The fourth-order valence-corrected chi connectivity index (χ4v) is 4.83. The predicted octanol–water partition coefficient (Wildman–Crippen LogP) is 7.03. The third-order valence-corrected chi connectivity index (χ3v) is 7.46. The molecular formula is C34H36F3N3O3. The zero-order chi connectivity index (χ0) is 31.0. The molecule has 0 fully saturated rings. The van der Waals surface area contributed by atoms with Crippen LogP contribution in [0.3, 0.4) is 0 Å². The minimum atomic E-state index is -4.58. The SMILES string of the molecule is CCC(C)N(CC(=O)N(Cc1ccccc1)Cc1cccn1Cc1cccc(OC)c1)C(=O)c1cccc(C(F)(F)F)c1. The summed E-state index contributed by atoms with van der Waals surface area (Å²) in [5, 5.41) is 0. The zero-order valence-corrected chi connectivity index (χ0v) is 24.6. The van der Waals surface area contributed by atoms with Crippen LogP contribution in [0.5, 0.6) is 5.75 Å². The highest BCUT2D eigenvalue weighted by atomic mass is 19.4. The van der Waals surface area contributed by atoms with Crippen molar-refractivity contribution in [2.75, 3.05) is 13.7 Å². The molecule has 0 saturated carbocycles. The summed E-state index contributed by atoms with van der Waals surface area (Å²) < 4.78 is 47.5. The Balaban J connectivity index is 1.60. The molecule has 1 aromatic heterocycles. The number of hydrogen-bond donors (Lipinski definition) is 0. The minimum Gasteiger partial charge on any atom is -0.497 e. The molecule has 0 radical (unpaired) electrons. The van der Waals surface area contributed by atoms with Gasteiger partial charge in [0.1, 0.15) is 12.3 Å². The van der Waals surface area contributed by atoms with Crippen LogP contribution >= 0.6 is 0 Å². The number of carbonyl (C=O) groups excluding carboxylic acids is 2. The van der Waals surface area contributed by atoms with E-state index in [1.165, 1.54) is 17.0 Å². The summed E-state index contributed by atoms with van der Waals surface area (Å²) in [6.45, 7) is 4.54. The average Bonchev–Trinajstić information content (AvgIpc) is 3.45. The van der Waals surface area contributed by atoms with Crippen molar-refractivity contribution in [1.29, 1.82) is 0 Å². The van der Waals surface area contributed by atoms with Gasteiger partial charge in [0.2, 0.25) is 5.91 Å². The van der Waals surface area contributed by atoms with E-state index in [1.54, 1.807) is 18.9 Å². The Bertz CT molecular complexity index is 1520. The van der Waals surface area contributed by atoms with Crippen LogP contribution in [-0.4, -0.2) is 45.9 Å². The van der Waals surface area contributed by atoms with Crippen molar-refractivity contribution >= 4 is 11.8 Å². The van der Waals surface area contributed by atoms with Gasteiger partial charge in [-0.3, -0.25) is 9.59 Å². The van der Waals surface area contributed by atoms with Crippen molar-refractivity contribution in [2.45, 2.75) is 52.1 Å². The molecule has 9 heteroatoms. The van der Waals surface area contributed by atoms with Gasteiger partial charge >= 0.3 is 6.18 Å². The van der Waals surface area contributed by atoms with E-state index in [2.05, 4.69) is 4.57 Å². The first-order chi connectivity index (χ1) is 20.6. The zero-order valence-electron chi connectivity index (χ0n) is 24.6. The number of alkyl halides is 3. The van der Waals surface area contributed by atoms with E-state index >= 15 is 0 Å². The quantitative estimate of drug-likeness (QED) is 0.178. The van der Waals surface area contributed by atoms with Gasteiger partial charge in [0.15, 0.2) is 0 Å². The maximum atomic E-state index is 13.9. The summed E-state index contributed by atoms with van der Waals surface area (Å²) in [6, 6.07) is 25.1. The molecule has 2 amide bonds. The summed E-state index contributed by atoms with van der Waals surface area (Å²) in [4.78, 5) is 30.5. The molecule has 0 aliphatic rings. The highest BCUT2D eigenvalue weighted by molar-refractivity contribution is 5.97. The number of rotatable bonds is 12. The molecule has 4 rings (SSSR count). The lowest BCUT2D eigenvalue weighted by molar-refractivity contribution is -0.137. The fourth-order valence-electron chi connectivity index (χ4n) is 4.83. The Kier molecular flexibility index (Phi) is 10.3. The molecule has 1 heterocycles. The summed E-state index contributed by atoms with van der Waals surface area (Å²) in [7, 11) is 1.62. The number of benzene rings is 3. The molecule has 0 bridgehead atoms. The molecule has 226 valence electrons. The third-order valence-electron chi connectivity index (χ3n) is 7.46. The fraction of sp³-hybridized carbons (Fsp3) is 0.294. The van der Waals surface area contributed by atoms with Gasteiger partial charge in [-0.05, 0) is 66.9 Å². The lowest BCUT2D eigenvalue weighted by Gasteiger charge is -2.32. The van der Waals surface area contributed by atoms with Crippen LogP contribution < -0.4 is 4.74 Å². The molecule has 1 unspecified atom stereocenters. The van der Waals surface area contributed by atoms with Crippen LogP contribution in [0.15, 0.2) is 97.2 Å². The normalized spacial score (nSPS) is 12.0. The van der Waals surface area contributed by atoms with Gasteiger partial charge in [-0.1, -0.05) is 55.5 Å².